The third-order valence-corrected chi connectivity index (χ3v) is 8.76. The van der Waals surface area contributed by atoms with Crippen LogP contribution in [0.25, 0.3) is 0 Å². The Labute approximate surface area is 215 Å². The van der Waals surface area contributed by atoms with Crippen LogP contribution in [-0.4, -0.2) is 80.0 Å². The zero-order valence-corrected chi connectivity index (χ0v) is 21.4. The third kappa shape index (κ3) is 5.86. The third-order valence-electron chi connectivity index (χ3n) is 6.76. The second-order valence-corrected chi connectivity index (χ2v) is 11.4. The van der Waals surface area contributed by atoms with Gasteiger partial charge in [-0.05, 0) is 32.1 Å². The summed E-state index contributed by atoms with van der Waals surface area (Å²) in [6, 6.07) is 0. The van der Waals surface area contributed by atoms with Crippen LogP contribution in [0.2, 0.25) is 0 Å². The summed E-state index contributed by atoms with van der Waals surface area (Å²) < 4.78 is 0. The molecule has 2 aliphatic heterocycles. The van der Waals surface area contributed by atoms with Gasteiger partial charge in [-0.1, -0.05) is 29.1 Å². The zero-order chi connectivity index (χ0) is 25.1. The van der Waals surface area contributed by atoms with E-state index in [1.807, 2.05) is 0 Å². The van der Waals surface area contributed by atoms with Gasteiger partial charge in [0.1, 0.15) is 10.0 Å². The Morgan fingerprint density at radius 2 is 1.22 bits per heavy atom. The van der Waals surface area contributed by atoms with Crippen LogP contribution in [0.1, 0.15) is 73.2 Å². The zero-order valence-electron chi connectivity index (χ0n) is 19.8. The summed E-state index contributed by atoms with van der Waals surface area (Å²) in [5.74, 6) is -0.0840. The van der Waals surface area contributed by atoms with E-state index < -0.39 is 0 Å². The molecule has 0 spiro atoms. The lowest BCUT2D eigenvalue weighted by Gasteiger charge is -2.25. The maximum Gasteiger partial charge on any atom is 0.245 e. The number of carbonyl (C=O) groups is 4. The van der Waals surface area contributed by atoms with Gasteiger partial charge in [0.2, 0.25) is 33.9 Å². The Hall–Kier alpha value is -3.00. The van der Waals surface area contributed by atoms with E-state index in [9.17, 15) is 19.2 Å². The normalized spacial score (nSPS) is 22.3. The molecule has 0 radical (unpaired) electrons. The standard InChI is InChI=1S/C22H28N8O4S2/c31-15(11-29-8-2-6-17(29)33)23-21-27-25-19(35-21)13-4-1-5-14(10-13)20-26-28-22(36-20)24-16(32)12-30-9-3-7-18(30)34/h13-14H,1-12H2,(H,23,27,31)(H,24,28,32)/t13-,14-/m1/s1. The Bertz CT molecular complexity index is 1060. The van der Waals surface area contributed by atoms with Crippen molar-refractivity contribution in [2.45, 2.75) is 63.2 Å². The van der Waals surface area contributed by atoms with E-state index in [4.69, 9.17) is 0 Å². The molecule has 2 N–H and O–H groups in total. The van der Waals surface area contributed by atoms with Crippen LogP contribution in [0.15, 0.2) is 0 Å². The molecule has 1 aliphatic carbocycles. The molecule has 3 fully saturated rings. The van der Waals surface area contributed by atoms with Crippen molar-refractivity contribution in [3.8, 4) is 0 Å². The highest BCUT2D eigenvalue weighted by molar-refractivity contribution is 7.15. The van der Waals surface area contributed by atoms with Crippen LogP contribution in [-0.2, 0) is 19.2 Å². The highest BCUT2D eigenvalue weighted by Gasteiger charge is 2.30. The molecule has 0 bridgehead atoms. The largest absolute Gasteiger partial charge is 0.333 e. The number of nitrogens with one attached hydrogen (secondary N) is 2. The number of nitrogens with zero attached hydrogens (tertiary/aromatic N) is 6. The van der Waals surface area contributed by atoms with Crippen molar-refractivity contribution in [2.24, 2.45) is 0 Å². The topological polar surface area (TPSA) is 150 Å². The first kappa shape index (κ1) is 24.7. The average molecular weight is 533 g/mol. The minimum Gasteiger partial charge on any atom is -0.333 e. The van der Waals surface area contributed by atoms with Crippen molar-refractivity contribution in [3.63, 3.8) is 0 Å². The van der Waals surface area contributed by atoms with Gasteiger partial charge in [0, 0.05) is 37.8 Å². The molecule has 0 unspecified atom stereocenters. The van der Waals surface area contributed by atoms with Crippen molar-refractivity contribution in [1.82, 2.24) is 30.2 Å². The number of amides is 4. The Balaban J connectivity index is 1.13. The van der Waals surface area contributed by atoms with Crippen LogP contribution < -0.4 is 10.6 Å². The highest BCUT2D eigenvalue weighted by Crippen LogP contribution is 2.43. The van der Waals surface area contributed by atoms with Gasteiger partial charge >= 0.3 is 0 Å². The molecule has 2 aromatic heterocycles. The van der Waals surface area contributed by atoms with Crippen LogP contribution in [0.5, 0.6) is 0 Å². The fourth-order valence-corrected chi connectivity index (χ4v) is 6.76. The van der Waals surface area contributed by atoms with Crippen LogP contribution >= 0.6 is 22.7 Å². The molecule has 36 heavy (non-hydrogen) atoms. The van der Waals surface area contributed by atoms with E-state index in [-0.39, 0.29) is 48.6 Å². The minimum atomic E-state index is -0.257. The lowest BCUT2D eigenvalue weighted by Crippen LogP contribution is -2.33. The summed E-state index contributed by atoms with van der Waals surface area (Å²) in [7, 11) is 0. The van der Waals surface area contributed by atoms with Crippen molar-refractivity contribution >= 4 is 56.6 Å². The Kier molecular flexibility index (Phi) is 7.51. The number of hydrogen-bond acceptors (Lipinski definition) is 10. The molecule has 4 heterocycles. The molecular weight excluding hydrogens is 504 g/mol. The quantitative estimate of drug-likeness (QED) is 0.524. The monoisotopic (exact) mass is 532 g/mol. The van der Waals surface area contributed by atoms with Gasteiger partial charge in [-0.25, -0.2) is 0 Å². The van der Waals surface area contributed by atoms with Gasteiger partial charge in [0.15, 0.2) is 0 Å². The summed E-state index contributed by atoms with van der Waals surface area (Å²) in [4.78, 5) is 51.2. The molecule has 0 aromatic carbocycles. The number of anilines is 2. The fourth-order valence-electron chi connectivity index (χ4n) is 4.95. The van der Waals surface area contributed by atoms with Crippen LogP contribution in [0.4, 0.5) is 10.3 Å². The Morgan fingerprint density at radius 3 is 1.64 bits per heavy atom. The first-order valence-electron chi connectivity index (χ1n) is 12.3. The molecule has 14 heteroatoms. The van der Waals surface area contributed by atoms with Gasteiger partial charge in [-0.2, -0.15) is 0 Å². The number of likely N-dealkylation sites (tertiary alicyclic amines) is 2. The maximum absolute atomic E-state index is 12.3. The van der Waals surface area contributed by atoms with Crippen molar-refractivity contribution < 1.29 is 19.2 Å². The molecule has 2 aromatic rings. The molecule has 192 valence electrons. The number of hydrogen-bond donors (Lipinski definition) is 2. The van der Waals surface area contributed by atoms with E-state index in [2.05, 4.69) is 31.0 Å². The molecule has 3 aliphatic rings. The molecule has 4 amide bonds. The van der Waals surface area contributed by atoms with Crippen molar-refractivity contribution in [1.29, 1.82) is 0 Å². The molecule has 2 saturated heterocycles. The number of rotatable bonds is 8. The molecular formula is C22H28N8O4S2. The van der Waals surface area contributed by atoms with Gasteiger partial charge in [-0.3, -0.25) is 29.8 Å². The summed E-state index contributed by atoms with van der Waals surface area (Å²) in [6.45, 7) is 1.32. The van der Waals surface area contributed by atoms with E-state index >= 15 is 0 Å². The van der Waals surface area contributed by atoms with Crippen LogP contribution in [0, 0.1) is 0 Å². The number of carbonyl (C=O) groups excluding carboxylic acids is 4. The predicted molar refractivity (Wildman–Crippen MR) is 133 cm³/mol. The number of aromatic nitrogens is 4. The Morgan fingerprint density at radius 1 is 0.750 bits per heavy atom. The van der Waals surface area contributed by atoms with Crippen LogP contribution in [0.3, 0.4) is 0 Å². The highest BCUT2D eigenvalue weighted by atomic mass is 32.1. The summed E-state index contributed by atoms with van der Waals surface area (Å²) >= 11 is 2.75. The average Bonchev–Trinajstić information content (AvgIpc) is 3.66. The van der Waals surface area contributed by atoms with E-state index in [1.165, 1.54) is 22.7 Å². The minimum absolute atomic E-state index is 0.0115. The second kappa shape index (κ2) is 10.9. The summed E-state index contributed by atoms with van der Waals surface area (Å²) in [5, 5.41) is 25.1. The molecule has 1 saturated carbocycles. The first-order chi connectivity index (χ1) is 17.4. The van der Waals surface area contributed by atoms with E-state index in [0.29, 0.717) is 36.2 Å². The van der Waals surface area contributed by atoms with Crippen molar-refractivity contribution in [2.75, 3.05) is 36.8 Å². The first-order valence-corrected chi connectivity index (χ1v) is 13.9. The van der Waals surface area contributed by atoms with Gasteiger partial charge < -0.3 is 9.80 Å². The molecule has 12 nitrogen and oxygen atoms in total. The van der Waals surface area contributed by atoms with Gasteiger partial charge in [-0.15, -0.1) is 20.4 Å². The molecule has 5 rings (SSSR count). The van der Waals surface area contributed by atoms with Gasteiger partial charge in [0.25, 0.3) is 0 Å². The van der Waals surface area contributed by atoms with Crippen molar-refractivity contribution in [3.05, 3.63) is 10.0 Å². The lowest BCUT2D eigenvalue weighted by atomic mass is 9.82. The molecule has 2 atom stereocenters. The smallest absolute Gasteiger partial charge is 0.245 e. The second-order valence-electron chi connectivity index (χ2n) is 9.39. The van der Waals surface area contributed by atoms with E-state index in [0.717, 1.165) is 48.5 Å². The fraction of sp³-hybridized carbons (Fsp3) is 0.636. The summed E-state index contributed by atoms with van der Waals surface area (Å²) in [6.07, 6.45) is 6.39. The van der Waals surface area contributed by atoms with Gasteiger partial charge in [0.05, 0.1) is 13.1 Å². The predicted octanol–water partition coefficient (Wildman–Crippen LogP) is 1.95. The van der Waals surface area contributed by atoms with E-state index in [1.54, 1.807) is 9.80 Å². The maximum atomic E-state index is 12.3. The summed E-state index contributed by atoms with van der Waals surface area (Å²) in [5.41, 5.74) is 0. The lowest BCUT2D eigenvalue weighted by molar-refractivity contribution is -0.131. The SMILES string of the molecule is O=C(CN1CCCC1=O)Nc1nnc([C@@H]2CCC[C@@H](c3nnc(NC(=O)CN4CCCC4=O)s3)C2)s1.